The van der Waals surface area contributed by atoms with Gasteiger partial charge in [-0.3, -0.25) is 5.32 Å². The van der Waals surface area contributed by atoms with Gasteiger partial charge in [-0.15, -0.1) is 0 Å². The Balaban J connectivity index is 2.13. The molecule has 0 spiro atoms. The summed E-state index contributed by atoms with van der Waals surface area (Å²) in [5.41, 5.74) is 0.984. The fraction of sp³-hybridized carbons (Fsp3) is 0.588. The predicted molar refractivity (Wildman–Crippen MR) is 80.3 cm³/mol. The molecule has 0 amide bonds. The molecule has 1 saturated carbocycles. The van der Waals surface area contributed by atoms with E-state index in [4.69, 9.17) is 4.74 Å². The second-order valence-electron chi connectivity index (χ2n) is 5.78. The lowest BCUT2D eigenvalue weighted by atomic mass is 9.96. The summed E-state index contributed by atoms with van der Waals surface area (Å²) in [7, 11) is 0. The fourth-order valence-corrected chi connectivity index (χ4v) is 2.99. The van der Waals surface area contributed by atoms with Gasteiger partial charge in [0.1, 0.15) is 6.04 Å². The van der Waals surface area contributed by atoms with E-state index >= 15 is 0 Å². The van der Waals surface area contributed by atoms with Gasteiger partial charge in [-0.2, -0.15) is 0 Å². The molecule has 110 valence electrons. The van der Waals surface area contributed by atoms with E-state index in [2.05, 4.69) is 19.2 Å². The first-order chi connectivity index (χ1) is 9.63. The van der Waals surface area contributed by atoms with Gasteiger partial charge in [0.15, 0.2) is 0 Å². The Bertz CT molecular complexity index is 432. The van der Waals surface area contributed by atoms with Crippen molar-refractivity contribution < 1.29 is 9.53 Å². The van der Waals surface area contributed by atoms with Crippen molar-refractivity contribution in [1.29, 1.82) is 0 Å². The molecule has 3 heteroatoms. The van der Waals surface area contributed by atoms with Crippen LogP contribution in [0.4, 0.5) is 0 Å². The molecule has 3 nitrogen and oxygen atoms in total. The second kappa shape index (κ2) is 6.89. The van der Waals surface area contributed by atoms with Crippen molar-refractivity contribution in [2.24, 2.45) is 11.8 Å². The van der Waals surface area contributed by atoms with Crippen LogP contribution in [0.15, 0.2) is 30.3 Å². The number of nitrogens with one attached hydrogen (secondary N) is 1. The van der Waals surface area contributed by atoms with Crippen LogP contribution < -0.4 is 5.32 Å². The Morgan fingerprint density at radius 2 is 2.00 bits per heavy atom. The molecule has 0 radical (unpaired) electrons. The molecule has 4 atom stereocenters. The largest absolute Gasteiger partial charge is 0.465 e. The molecule has 4 unspecified atom stereocenters. The molecule has 0 bridgehead atoms. The van der Waals surface area contributed by atoms with E-state index in [1.807, 2.05) is 37.3 Å². The van der Waals surface area contributed by atoms with Crippen LogP contribution in [0.1, 0.15) is 45.2 Å². The van der Waals surface area contributed by atoms with Crippen LogP contribution in [-0.4, -0.2) is 18.6 Å². The Morgan fingerprint density at radius 1 is 1.30 bits per heavy atom. The molecular weight excluding hydrogens is 250 g/mol. The number of hydrogen-bond donors (Lipinski definition) is 1. The predicted octanol–water partition coefficient (Wildman–Crippen LogP) is 3.32. The molecule has 0 aliphatic heterocycles. The van der Waals surface area contributed by atoms with Gasteiger partial charge >= 0.3 is 5.97 Å². The zero-order valence-electron chi connectivity index (χ0n) is 12.6. The smallest absolute Gasteiger partial charge is 0.327 e. The van der Waals surface area contributed by atoms with E-state index in [9.17, 15) is 4.79 Å². The lowest BCUT2D eigenvalue weighted by Gasteiger charge is -2.25. The van der Waals surface area contributed by atoms with Gasteiger partial charge in [0, 0.05) is 6.04 Å². The highest BCUT2D eigenvalue weighted by atomic mass is 16.5. The molecule has 1 N–H and O–H groups in total. The molecule has 0 aromatic heterocycles. The van der Waals surface area contributed by atoms with E-state index in [0.717, 1.165) is 12.0 Å². The van der Waals surface area contributed by atoms with Crippen molar-refractivity contribution in [3.8, 4) is 0 Å². The maximum Gasteiger partial charge on any atom is 0.327 e. The molecule has 1 aromatic carbocycles. The van der Waals surface area contributed by atoms with Crippen LogP contribution in [-0.2, 0) is 9.53 Å². The minimum Gasteiger partial charge on any atom is -0.465 e. The lowest BCUT2D eigenvalue weighted by molar-refractivity contribution is -0.146. The van der Waals surface area contributed by atoms with E-state index in [-0.39, 0.29) is 12.0 Å². The average Bonchev–Trinajstić information content (AvgIpc) is 2.77. The maximum absolute atomic E-state index is 12.2. The number of carbonyl (C=O) groups excluding carboxylic acids is 1. The third-order valence-electron chi connectivity index (χ3n) is 4.50. The van der Waals surface area contributed by atoms with E-state index < -0.39 is 0 Å². The minimum absolute atomic E-state index is 0.176. The fourth-order valence-electron chi connectivity index (χ4n) is 2.99. The van der Waals surface area contributed by atoms with Crippen LogP contribution in [0.2, 0.25) is 0 Å². The van der Waals surface area contributed by atoms with Gasteiger partial charge in [-0.25, -0.2) is 4.79 Å². The molecule has 1 aliphatic rings. The van der Waals surface area contributed by atoms with Crippen LogP contribution in [0.5, 0.6) is 0 Å². The van der Waals surface area contributed by atoms with Gasteiger partial charge in [-0.05, 0) is 37.2 Å². The van der Waals surface area contributed by atoms with Crippen molar-refractivity contribution in [3.63, 3.8) is 0 Å². The standard InChI is InChI=1S/C17H25NO2/c1-4-20-17(19)16(14-8-6-5-7-9-14)18-15-11-10-12(2)13(15)3/h5-9,12-13,15-16,18H,4,10-11H2,1-3H3. The Kier molecular flexibility index (Phi) is 5.18. The number of rotatable bonds is 5. The minimum atomic E-state index is -0.353. The molecule has 0 heterocycles. The summed E-state index contributed by atoms with van der Waals surface area (Å²) in [6.07, 6.45) is 2.36. The zero-order valence-corrected chi connectivity index (χ0v) is 12.6. The Hall–Kier alpha value is -1.35. The number of ether oxygens (including phenoxy) is 1. The van der Waals surface area contributed by atoms with Crippen molar-refractivity contribution in [3.05, 3.63) is 35.9 Å². The van der Waals surface area contributed by atoms with Gasteiger partial charge in [0.05, 0.1) is 6.61 Å². The highest BCUT2D eigenvalue weighted by Gasteiger charge is 2.33. The summed E-state index contributed by atoms with van der Waals surface area (Å²) in [6, 6.07) is 9.89. The lowest BCUT2D eigenvalue weighted by Crippen LogP contribution is -2.40. The second-order valence-corrected chi connectivity index (χ2v) is 5.78. The number of hydrogen-bond acceptors (Lipinski definition) is 3. The Morgan fingerprint density at radius 3 is 2.55 bits per heavy atom. The average molecular weight is 275 g/mol. The topological polar surface area (TPSA) is 38.3 Å². The van der Waals surface area contributed by atoms with E-state index in [0.29, 0.717) is 24.5 Å². The molecule has 20 heavy (non-hydrogen) atoms. The van der Waals surface area contributed by atoms with E-state index in [1.165, 1.54) is 6.42 Å². The third kappa shape index (κ3) is 3.40. The van der Waals surface area contributed by atoms with Gasteiger partial charge < -0.3 is 4.74 Å². The van der Waals surface area contributed by atoms with Crippen molar-refractivity contribution >= 4 is 5.97 Å². The summed E-state index contributed by atoms with van der Waals surface area (Å²) in [5.74, 6) is 1.13. The summed E-state index contributed by atoms with van der Waals surface area (Å²) in [4.78, 5) is 12.2. The zero-order chi connectivity index (χ0) is 14.5. The summed E-state index contributed by atoms with van der Waals surface area (Å²) < 4.78 is 5.23. The molecule has 1 fully saturated rings. The maximum atomic E-state index is 12.2. The third-order valence-corrected chi connectivity index (χ3v) is 4.50. The van der Waals surface area contributed by atoms with Crippen LogP contribution in [0.25, 0.3) is 0 Å². The van der Waals surface area contributed by atoms with Crippen molar-refractivity contribution in [2.75, 3.05) is 6.61 Å². The van der Waals surface area contributed by atoms with E-state index in [1.54, 1.807) is 0 Å². The Labute approximate surface area is 121 Å². The first kappa shape index (κ1) is 15.0. The van der Waals surface area contributed by atoms with Gasteiger partial charge in [0.2, 0.25) is 0 Å². The monoisotopic (exact) mass is 275 g/mol. The van der Waals surface area contributed by atoms with Crippen molar-refractivity contribution in [1.82, 2.24) is 5.32 Å². The molecule has 1 aliphatic carbocycles. The summed E-state index contributed by atoms with van der Waals surface area (Å²) in [5, 5.41) is 3.52. The number of esters is 1. The number of carbonyl (C=O) groups is 1. The highest BCUT2D eigenvalue weighted by molar-refractivity contribution is 5.77. The quantitative estimate of drug-likeness (QED) is 0.838. The highest BCUT2D eigenvalue weighted by Crippen LogP contribution is 2.32. The SMILES string of the molecule is CCOC(=O)C(NC1CCC(C)C1C)c1ccccc1. The van der Waals surface area contributed by atoms with Crippen molar-refractivity contribution in [2.45, 2.75) is 45.7 Å². The van der Waals surface area contributed by atoms with Crippen LogP contribution >= 0.6 is 0 Å². The van der Waals surface area contributed by atoms with Gasteiger partial charge in [-0.1, -0.05) is 44.2 Å². The molecule has 0 saturated heterocycles. The number of benzene rings is 1. The first-order valence-corrected chi connectivity index (χ1v) is 7.61. The van der Waals surface area contributed by atoms with Crippen LogP contribution in [0.3, 0.4) is 0 Å². The molecule has 1 aromatic rings. The first-order valence-electron chi connectivity index (χ1n) is 7.61. The van der Waals surface area contributed by atoms with Gasteiger partial charge in [0.25, 0.3) is 0 Å². The van der Waals surface area contributed by atoms with Crippen LogP contribution in [0, 0.1) is 11.8 Å². The molecule has 2 rings (SSSR count). The normalized spacial score (nSPS) is 27.2. The summed E-state index contributed by atoms with van der Waals surface area (Å²) >= 11 is 0. The summed E-state index contributed by atoms with van der Waals surface area (Å²) in [6.45, 7) is 6.82. The molecular formula is C17H25NO2.